The van der Waals surface area contributed by atoms with Crippen LogP contribution in [0.15, 0.2) is 91.5 Å². The Morgan fingerprint density at radius 2 is 1.06 bits per heavy atom. The summed E-state index contributed by atoms with van der Waals surface area (Å²) in [7, 11) is 0. The summed E-state index contributed by atoms with van der Waals surface area (Å²) in [4.78, 5) is 23.8. The molecule has 0 amide bonds. The highest BCUT2D eigenvalue weighted by Gasteiger charge is 2.25. The number of likely N-dealkylation sites (tertiary alicyclic amines) is 3. The number of nitrogens with one attached hydrogen (secondary N) is 3. The Morgan fingerprint density at radius 1 is 0.593 bits per heavy atom. The number of piperidine rings is 3. The molecule has 15 nitrogen and oxygen atoms in total. The quantitative estimate of drug-likeness (QED) is 0.104. The van der Waals surface area contributed by atoms with Crippen LogP contribution in [-0.2, 0) is 19.5 Å². The molecule has 0 spiro atoms. The standard InChI is InChI=1S/3C19H17ClFN5S/c3*20-17-8-16-18(27-17)19(24-11-23-16)25-14-3-5-26(6-4-14)10-12-1-2-15(21)13(7-12)9-22/h3*1-2,7-8,11,14H,3-6,10H2,(H,23,24,25)/i1D,2D,3D2,4D2,5D2,6D2,7D,8D,10D2,11D,14D;1D,2D,3D2,4D2,5D2,6D2,7D,8D,10D,11D,14D;2D,8D,10D/hD3. The molecule has 3 saturated heterocycles. The summed E-state index contributed by atoms with van der Waals surface area (Å²) in [6.45, 7) is -22.8. The maximum absolute atomic E-state index is 14.5. The average molecular weight is 1240 g/mol. The molecule has 0 radical (unpaired) electrons. The Balaban J connectivity index is 0.000000189. The number of nitriles is 3. The smallest absolute Gasteiger partial charge is 0.162 e. The number of rotatable bonds is 12. The van der Waals surface area contributed by atoms with Crippen LogP contribution in [0.2, 0.25) is 17.2 Å². The number of hydrogen-bond acceptors (Lipinski definition) is 18. The molecule has 0 bridgehead atoms. The Labute approximate surface area is 544 Å². The fourth-order valence-electron chi connectivity index (χ4n) is 6.93. The third kappa shape index (κ3) is 14.8. The normalized spacial score (nSPS) is 29.0. The molecule has 3 fully saturated rings. The van der Waals surface area contributed by atoms with Crippen molar-refractivity contribution in [3.05, 3.63) is 155 Å². The van der Waals surface area contributed by atoms with Crippen LogP contribution < -0.4 is 15.9 Å². The van der Waals surface area contributed by atoms with Crippen LogP contribution in [0.3, 0.4) is 0 Å². The van der Waals surface area contributed by atoms with Crippen molar-refractivity contribution in [3.63, 3.8) is 0 Å². The van der Waals surface area contributed by atoms with Gasteiger partial charge in [0.15, 0.2) is 4.24 Å². The first kappa shape index (κ1) is 27.5. The Morgan fingerprint density at radius 3 is 1.60 bits per heavy atom. The molecule has 9 aromatic rings. The molecule has 0 saturated carbocycles. The molecular formula is C57H51Cl3F3N15S3. The van der Waals surface area contributed by atoms with Crippen LogP contribution in [-0.4, -0.2) is 102 Å². The molecule has 3 aromatic carbocycles. The number of halogens is 6. The highest BCUT2D eigenvalue weighted by molar-refractivity contribution is 7.24. The molecule has 24 heteroatoms. The van der Waals surface area contributed by atoms with E-state index in [-0.39, 0.29) is 62.3 Å². The van der Waals surface area contributed by atoms with Gasteiger partial charge in [0.25, 0.3) is 0 Å². The predicted octanol–water partition coefficient (Wildman–Crippen LogP) is 13.3. The maximum atomic E-state index is 14.5. The Hall–Kier alpha value is -6.81. The minimum Gasteiger partial charge on any atom is -0.366 e. The van der Waals surface area contributed by atoms with Crippen LogP contribution in [0, 0.1) is 51.4 Å². The van der Waals surface area contributed by atoms with E-state index in [0.717, 1.165) is 0 Å². The van der Waals surface area contributed by atoms with E-state index in [1.54, 1.807) is 6.07 Å². The van der Waals surface area contributed by atoms with Gasteiger partial charge in [-0.2, -0.15) is 15.8 Å². The van der Waals surface area contributed by atoms with Gasteiger partial charge in [-0.25, -0.2) is 43.1 Å². The number of nitrogens with zero attached hydrogens (tertiary/aromatic N) is 12. The number of thiophene rings is 3. The lowest BCUT2D eigenvalue weighted by atomic mass is 10.0. The fraction of sp³-hybridized carbons (Fsp3) is 0.316. The number of aromatic nitrogens is 6. The zero-order chi connectivity index (χ0) is 89.2. The van der Waals surface area contributed by atoms with Crippen LogP contribution in [0.5, 0.6) is 0 Å². The SMILES string of the molecule is [2H]c1cc(C([2H])N2CCC(N([2H])c3ncnc4c([2H])c(Cl)sc34)CC2)cc(C#N)c1F.[2H]c1nc(N([2H])C2([2H])C([2H])([2H])C([2H])([2H])N(C([2H])([2H])c3c([2H])c([2H])c(F)c(C#N)c3[2H])C([2H])([2H])C2([2H])[2H])c2sc(Cl)c([2H])c2n1.[2H]c1nc(N([2H])C2([2H])C([2H])([2H])C([2H])([2H])N(C([2H])c3c([2H])c([2H])c(F)c(C#N)c3[2H])C([2H])([2H])C2([2H])[2H])c2sc(Cl)c([2H])c2n1. The number of hydrogen-bond donors (Lipinski definition) is 3. The lowest BCUT2D eigenvalue weighted by Gasteiger charge is -2.32. The summed E-state index contributed by atoms with van der Waals surface area (Å²) in [5.74, 6) is -5.58. The third-order valence-electron chi connectivity index (χ3n) is 10.5. The minimum absolute atomic E-state index is 0.135. The van der Waals surface area contributed by atoms with Gasteiger partial charge < -0.3 is 15.9 Å². The fourth-order valence-corrected chi connectivity index (χ4v) is 10.0. The second-order valence-electron chi connectivity index (χ2n) is 15.8. The van der Waals surface area contributed by atoms with E-state index in [1.165, 1.54) is 47.2 Å². The van der Waals surface area contributed by atoms with Crippen LogP contribution in [0.4, 0.5) is 30.6 Å². The van der Waals surface area contributed by atoms with Crippen molar-refractivity contribution >= 4 is 117 Å². The van der Waals surface area contributed by atoms with Gasteiger partial charge in [0.2, 0.25) is 0 Å². The number of benzene rings is 3. The van der Waals surface area contributed by atoms with Gasteiger partial charge in [-0.05, 0) is 109 Å². The van der Waals surface area contributed by atoms with E-state index in [4.69, 9.17) is 90.9 Å². The lowest BCUT2D eigenvalue weighted by molar-refractivity contribution is 0.211. The molecule has 9 heterocycles. The van der Waals surface area contributed by atoms with Gasteiger partial charge in [0, 0.05) is 104 Å². The molecule has 81 heavy (non-hydrogen) atoms. The van der Waals surface area contributed by atoms with Gasteiger partial charge in [-0.3, -0.25) is 14.7 Å². The van der Waals surface area contributed by atoms with Gasteiger partial charge in [-0.15, -0.1) is 34.0 Å². The van der Waals surface area contributed by atoms with E-state index in [9.17, 15) is 23.7 Å². The van der Waals surface area contributed by atoms with Gasteiger partial charge in [0.1, 0.15) is 74.8 Å². The monoisotopic (exact) mass is 1240 g/mol. The summed E-state index contributed by atoms with van der Waals surface area (Å²) in [6, 6.07) is -10.5. The molecule has 6 aromatic heterocycles. The van der Waals surface area contributed by atoms with Crippen LogP contribution in [0.1, 0.15) is 118 Å². The molecule has 3 aliphatic rings. The Bertz CT molecular complexity index is 5670. The summed E-state index contributed by atoms with van der Waals surface area (Å²) in [5, 5.41) is 28.3. The maximum Gasteiger partial charge on any atom is 0.162 e. The number of fused-ring (bicyclic) bond motifs is 3. The highest BCUT2D eigenvalue weighted by Crippen LogP contribution is 2.36. The van der Waals surface area contributed by atoms with Crippen molar-refractivity contribution < 1.29 is 64.0 Å². The molecule has 0 aliphatic carbocycles. The Kier molecular flexibility index (Phi) is 9.12. The molecule has 2 atom stereocenters. The van der Waals surface area contributed by atoms with Crippen molar-refractivity contribution in [1.29, 1.82) is 15.8 Å². The highest BCUT2D eigenvalue weighted by atomic mass is 35.5. The second-order valence-corrected chi connectivity index (χ2v) is 20.6. The third-order valence-corrected chi connectivity index (χ3v) is 14.1. The first-order valence-electron chi connectivity index (χ1n) is 41.0. The zero-order valence-electron chi connectivity index (χ0n) is 77.0. The van der Waals surface area contributed by atoms with E-state index in [1.807, 2.05) is 4.90 Å². The number of anilines is 3. The molecular weight excluding hydrogens is 1150 g/mol. The van der Waals surface area contributed by atoms with E-state index >= 15 is 0 Å². The van der Waals surface area contributed by atoms with Gasteiger partial charge >= 0.3 is 0 Å². The molecule has 2 unspecified atom stereocenters. The minimum atomic E-state index is -4.18. The molecule has 12 rings (SSSR count). The predicted molar refractivity (Wildman–Crippen MR) is 316 cm³/mol. The second kappa shape index (κ2) is 26.8. The van der Waals surface area contributed by atoms with Crippen molar-refractivity contribution in [2.45, 2.75) is 75.9 Å². The largest absolute Gasteiger partial charge is 0.366 e. The zero-order valence-corrected chi connectivity index (χ0v) is 44.7. The topological polar surface area (TPSA) is 195 Å². The first-order chi connectivity index (χ1) is 54.1. The van der Waals surface area contributed by atoms with E-state index in [0.29, 0.717) is 74.5 Å². The average Bonchev–Trinajstić information content (AvgIpc) is 0.754. The van der Waals surface area contributed by atoms with E-state index < -0.39 is 206 Å². The summed E-state index contributed by atoms with van der Waals surface area (Å²) in [5.41, 5.74) is -5.10. The van der Waals surface area contributed by atoms with Gasteiger partial charge in [0.05, 0.1) is 76.8 Å². The van der Waals surface area contributed by atoms with E-state index in [2.05, 4.69) is 29.9 Å². The van der Waals surface area contributed by atoms with Crippen molar-refractivity contribution in [3.8, 4) is 18.2 Å². The molecule has 3 aliphatic heterocycles. The molecule has 414 valence electrons. The first-order valence-corrected chi connectivity index (χ1v) is 26.1. The lowest BCUT2D eigenvalue weighted by Crippen LogP contribution is -2.38. The van der Waals surface area contributed by atoms with Crippen LogP contribution in [0.25, 0.3) is 30.6 Å². The summed E-state index contributed by atoms with van der Waals surface area (Å²) >= 11 is 20.3. The van der Waals surface area contributed by atoms with Crippen LogP contribution >= 0.6 is 68.8 Å². The van der Waals surface area contributed by atoms with Crippen molar-refractivity contribution in [2.24, 2.45) is 0 Å². The van der Waals surface area contributed by atoms with Crippen molar-refractivity contribution in [2.75, 3.05) is 55.0 Å². The summed E-state index contributed by atoms with van der Waals surface area (Å²) in [6.07, 6.45) is -15.6. The molecule has 3 N–H and O–H groups in total. The van der Waals surface area contributed by atoms with Gasteiger partial charge in [-0.1, -0.05) is 53.0 Å². The van der Waals surface area contributed by atoms with Crippen molar-refractivity contribution in [1.82, 2.24) is 44.6 Å². The summed E-state index contributed by atoms with van der Waals surface area (Å²) < 4.78 is 354.